The van der Waals surface area contributed by atoms with Crippen LogP contribution in [0.1, 0.15) is 34.2 Å². The molecule has 0 aliphatic rings. The summed E-state index contributed by atoms with van der Waals surface area (Å²) in [6, 6.07) is 15.3. The van der Waals surface area contributed by atoms with Crippen LogP contribution < -0.4 is 5.32 Å². The number of amides is 1. The number of aromatic nitrogens is 3. The number of hydrogen-bond donors (Lipinski definition) is 1. The number of carbonyl (C=O) groups excluding carboxylic acids is 2. The maximum absolute atomic E-state index is 12.5. The van der Waals surface area contributed by atoms with Crippen LogP contribution >= 0.6 is 23.5 Å². The van der Waals surface area contributed by atoms with Gasteiger partial charge < -0.3 is 14.6 Å². The number of aryl methyl sites for hydroxylation is 1. The van der Waals surface area contributed by atoms with E-state index < -0.39 is 5.97 Å². The number of anilines is 1. The first-order chi connectivity index (χ1) is 15.5. The number of esters is 1. The summed E-state index contributed by atoms with van der Waals surface area (Å²) in [4.78, 5) is 24.3. The molecule has 0 saturated heterocycles. The first-order valence-corrected chi connectivity index (χ1v) is 12.3. The lowest BCUT2D eigenvalue weighted by Gasteiger charge is -2.10. The Bertz CT molecular complexity index is 1070. The van der Waals surface area contributed by atoms with E-state index in [0.29, 0.717) is 16.4 Å². The lowest BCUT2D eigenvalue weighted by atomic mass is 10.2. The summed E-state index contributed by atoms with van der Waals surface area (Å²) in [5, 5.41) is 12.1. The summed E-state index contributed by atoms with van der Waals surface area (Å²) in [5.74, 6) is 1.97. The van der Waals surface area contributed by atoms with E-state index in [2.05, 4.69) is 46.7 Å². The van der Waals surface area contributed by atoms with E-state index in [1.54, 1.807) is 36.0 Å². The predicted molar refractivity (Wildman–Crippen MR) is 129 cm³/mol. The summed E-state index contributed by atoms with van der Waals surface area (Å²) < 4.78 is 6.80. The summed E-state index contributed by atoms with van der Waals surface area (Å²) in [7, 11) is 1.31. The van der Waals surface area contributed by atoms with Gasteiger partial charge in [0.2, 0.25) is 5.91 Å². The molecule has 0 fully saturated rings. The zero-order chi connectivity index (χ0) is 22.9. The van der Waals surface area contributed by atoms with Crippen molar-refractivity contribution in [3.63, 3.8) is 0 Å². The molecule has 0 unspecified atom stereocenters. The van der Waals surface area contributed by atoms with Crippen LogP contribution in [0.15, 0.2) is 53.7 Å². The van der Waals surface area contributed by atoms with Crippen LogP contribution in [0, 0.1) is 6.92 Å². The van der Waals surface area contributed by atoms with Crippen molar-refractivity contribution in [2.24, 2.45) is 0 Å². The normalized spacial score (nSPS) is 10.7. The number of ether oxygens (including phenoxy) is 1. The average Bonchev–Trinajstić information content (AvgIpc) is 3.20. The molecule has 1 N–H and O–H groups in total. The smallest absolute Gasteiger partial charge is 0.339 e. The molecule has 168 valence electrons. The first-order valence-electron chi connectivity index (χ1n) is 10.2. The van der Waals surface area contributed by atoms with Crippen molar-refractivity contribution in [3.05, 3.63) is 71.0 Å². The van der Waals surface area contributed by atoms with Gasteiger partial charge in [0.1, 0.15) is 5.82 Å². The van der Waals surface area contributed by atoms with Crippen molar-refractivity contribution in [2.45, 2.75) is 37.1 Å². The van der Waals surface area contributed by atoms with Crippen LogP contribution in [0.4, 0.5) is 5.69 Å². The quantitative estimate of drug-likeness (QED) is 0.343. The van der Waals surface area contributed by atoms with E-state index in [1.807, 2.05) is 11.5 Å². The fourth-order valence-corrected chi connectivity index (χ4v) is 4.74. The molecule has 0 atom stereocenters. The van der Waals surface area contributed by atoms with Crippen molar-refractivity contribution < 1.29 is 14.3 Å². The topological polar surface area (TPSA) is 86.1 Å². The Balaban J connectivity index is 1.55. The Hall–Kier alpha value is -2.78. The number of methoxy groups -OCH3 is 1. The summed E-state index contributed by atoms with van der Waals surface area (Å²) in [5.41, 5.74) is 3.28. The number of para-hydroxylation sites is 1. The molecule has 2 aromatic carbocycles. The third-order valence-electron chi connectivity index (χ3n) is 4.67. The number of benzene rings is 2. The fourth-order valence-electron chi connectivity index (χ4n) is 2.99. The Morgan fingerprint density at radius 2 is 1.81 bits per heavy atom. The van der Waals surface area contributed by atoms with Gasteiger partial charge in [0.25, 0.3) is 0 Å². The van der Waals surface area contributed by atoms with Gasteiger partial charge in [-0.15, -0.1) is 22.0 Å². The highest BCUT2D eigenvalue weighted by molar-refractivity contribution is 7.99. The van der Waals surface area contributed by atoms with Gasteiger partial charge in [-0.05, 0) is 31.5 Å². The molecule has 1 aromatic heterocycles. The molecule has 3 rings (SSSR count). The summed E-state index contributed by atoms with van der Waals surface area (Å²) >= 11 is 3.11. The van der Waals surface area contributed by atoms with E-state index in [4.69, 9.17) is 4.74 Å². The van der Waals surface area contributed by atoms with E-state index in [1.165, 1.54) is 30.0 Å². The minimum absolute atomic E-state index is 0.157. The molecule has 1 heterocycles. The maximum atomic E-state index is 12.5. The van der Waals surface area contributed by atoms with Crippen molar-refractivity contribution in [1.29, 1.82) is 0 Å². The second kappa shape index (κ2) is 11.7. The van der Waals surface area contributed by atoms with Gasteiger partial charge >= 0.3 is 5.97 Å². The van der Waals surface area contributed by atoms with Gasteiger partial charge in [-0.25, -0.2) is 4.79 Å². The van der Waals surface area contributed by atoms with E-state index in [-0.39, 0.29) is 11.7 Å². The SMILES string of the molecule is CCn1c(CSCc2ccc(C)cc2)nnc1SCC(=O)Nc1ccccc1C(=O)OC. The minimum Gasteiger partial charge on any atom is -0.465 e. The number of carbonyl (C=O) groups is 2. The number of thioether (sulfide) groups is 2. The van der Waals surface area contributed by atoms with Crippen LogP contribution in [0.25, 0.3) is 0 Å². The zero-order valence-electron chi connectivity index (χ0n) is 18.3. The standard InChI is InChI=1S/C23H26N4O3S2/c1-4-27-20(14-31-13-17-11-9-16(2)10-12-17)25-26-23(27)32-15-21(28)24-19-8-6-5-7-18(19)22(29)30-3/h5-12H,4,13-15H2,1-3H3,(H,24,28). The Labute approximate surface area is 196 Å². The van der Waals surface area contributed by atoms with Crippen LogP contribution in [-0.4, -0.2) is 39.5 Å². The molecular weight excluding hydrogens is 444 g/mol. The van der Waals surface area contributed by atoms with Crippen LogP contribution in [-0.2, 0) is 27.6 Å². The van der Waals surface area contributed by atoms with E-state index >= 15 is 0 Å². The molecule has 0 aliphatic heterocycles. The van der Waals surface area contributed by atoms with Crippen molar-refractivity contribution in [1.82, 2.24) is 14.8 Å². The molecule has 0 saturated carbocycles. The molecular formula is C23H26N4O3S2. The fraction of sp³-hybridized carbons (Fsp3) is 0.304. The van der Waals surface area contributed by atoms with Gasteiger partial charge in [-0.2, -0.15) is 0 Å². The largest absolute Gasteiger partial charge is 0.465 e. The molecule has 0 spiro atoms. The van der Waals surface area contributed by atoms with Crippen molar-refractivity contribution in [2.75, 3.05) is 18.2 Å². The first kappa shape index (κ1) is 23.9. The molecule has 9 heteroatoms. The van der Waals surface area contributed by atoms with Gasteiger partial charge in [0.05, 0.1) is 29.9 Å². The van der Waals surface area contributed by atoms with Gasteiger partial charge in [-0.1, -0.05) is 53.7 Å². The number of nitrogens with zero attached hydrogens (tertiary/aromatic N) is 3. The number of nitrogens with one attached hydrogen (secondary N) is 1. The molecule has 0 radical (unpaired) electrons. The highest BCUT2D eigenvalue weighted by Crippen LogP contribution is 2.23. The number of rotatable bonds is 10. The number of hydrogen-bond acceptors (Lipinski definition) is 7. The second-order valence-electron chi connectivity index (χ2n) is 7.00. The van der Waals surface area contributed by atoms with Gasteiger partial charge in [0.15, 0.2) is 5.16 Å². The molecule has 3 aromatic rings. The van der Waals surface area contributed by atoms with Crippen LogP contribution in [0.3, 0.4) is 0 Å². The van der Waals surface area contributed by atoms with Crippen molar-refractivity contribution >= 4 is 41.1 Å². The third-order valence-corrected chi connectivity index (χ3v) is 6.64. The zero-order valence-corrected chi connectivity index (χ0v) is 20.0. The van der Waals surface area contributed by atoms with Crippen molar-refractivity contribution in [3.8, 4) is 0 Å². The molecule has 7 nitrogen and oxygen atoms in total. The van der Waals surface area contributed by atoms with E-state index in [0.717, 1.165) is 23.9 Å². The maximum Gasteiger partial charge on any atom is 0.339 e. The average molecular weight is 471 g/mol. The monoisotopic (exact) mass is 470 g/mol. The third kappa shape index (κ3) is 6.37. The van der Waals surface area contributed by atoms with Crippen LogP contribution in [0.5, 0.6) is 0 Å². The van der Waals surface area contributed by atoms with E-state index in [9.17, 15) is 9.59 Å². The molecule has 32 heavy (non-hydrogen) atoms. The highest BCUT2D eigenvalue weighted by atomic mass is 32.2. The Morgan fingerprint density at radius 1 is 1.06 bits per heavy atom. The Morgan fingerprint density at radius 3 is 2.53 bits per heavy atom. The lowest BCUT2D eigenvalue weighted by Crippen LogP contribution is -2.17. The van der Waals surface area contributed by atoms with Gasteiger partial charge in [0, 0.05) is 12.3 Å². The molecule has 1 amide bonds. The second-order valence-corrected chi connectivity index (χ2v) is 8.92. The molecule has 0 aliphatic carbocycles. The summed E-state index contributed by atoms with van der Waals surface area (Å²) in [6.45, 7) is 4.84. The van der Waals surface area contributed by atoms with Gasteiger partial charge in [-0.3, -0.25) is 4.79 Å². The summed E-state index contributed by atoms with van der Waals surface area (Å²) in [6.07, 6.45) is 0. The lowest BCUT2D eigenvalue weighted by molar-refractivity contribution is -0.113. The molecule has 0 bridgehead atoms. The van der Waals surface area contributed by atoms with Crippen LogP contribution in [0.2, 0.25) is 0 Å². The highest BCUT2D eigenvalue weighted by Gasteiger charge is 2.16. The minimum atomic E-state index is -0.493. The Kier molecular flexibility index (Phi) is 8.75. The predicted octanol–water partition coefficient (Wildman–Crippen LogP) is 4.56.